The average molecular weight is 276 g/mol. The number of hydrogen-bond acceptors (Lipinski definition) is 2. The molecule has 0 aliphatic heterocycles. The Balaban J connectivity index is 2.26. The molecule has 0 aliphatic rings. The summed E-state index contributed by atoms with van der Waals surface area (Å²) in [4.78, 5) is 0. The molecule has 3 heteroatoms. The first kappa shape index (κ1) is 13.9. The molecular weight excluding hydrogens is 258 g/mol. The van der Waals surface area contributed by atoms with Gasteiger partial charge in [-0.25, -0.2) is 0 Å². The van der Waals surface area contributed by atoms with E-state index in [1.54, 1.807) is 0 Å². The van der Waals surface area contributed by atoms with Gasteiger partial charge in [-0.15, -0.1) is 0 Å². The second kappa shape index (κ2) is 6.09. The molecule has 0 amide bonds. The van der Waals surface area contributed by atoms with Gasteiger partial charge < -0.3 is 10.5 Å². The molecule has 0 aliphatic carbocycles. The van der Waals surface area contributed by atoms with Gasteiger partial charge in [-0.1, -0.05) is 47.5 Å². The zero-order valence-electron chi connectivity index (χ0n) is 11.2. The van der Waals surface area contributed by atoms with Crippen molar-refractivity contribution in [2.75, 3.05) is 6.54 Å². The van der Waals surface area contributed by atoms with E-state index in [-0.39, 0.29) is 6.10 Å². The first-order valence-corrected chi connectivity index (χ1v) is 6.67. The Hall–Kier alpha value is -1.51. The minimum atomic E-state index is -0.181. The summed E-state index contributed by atoms with van der Waals surface area (Å²) in [7, 11) is 0. The summed E-state index contributed by atoms with van der Waals surface area (Å²) in [5.41, 5.74) is 9.19. The third kappa shape index (κ3) is 3.49. The van der Waals surface area contributed by atoms with Crippen LogP contribution in [0.2, 0.25) is 5.02 Å². The summed E-state index contributed by atoms with van der Waals surface area (Å²) in [6, 6.07) is 13.9. The van der Waals surface area contributed by atoms with Gasteiger partial charge in [0.1, 0.15) is 11.9 Å². The molecule has 0 radical (unpaired) electrons. The van der Waals surface area contributed by atoms with Gasteiger partial charge in [0.25, 0.3) is 0 Å². The zero-order valence-corrected chi connectivity index (χ0v) is 11.9. The third-order valence-corrected chi connectivity index (χ3v) is 3.30. The van der Waals surface area contributed by atoms with E-state index >= 15 is 0 Å². The molecule has 0 heterocycles. The SMILES string of the molecule is Cc1cccc(C(CN)Oc2cc(C)ccc2Cl)c1. The van der Waals surface area contributed by atoms with Gasteiger partial charge in [0.2, 0.25) is 0 Å². The molecular formula is C16H18ClNO. The highest BCUT2D eigenvalue weighted by atomic mass is 35.5. The van der Waals surface area contributed by atoms with Crippen LogP contribution in [0.3, 0.4) is 0 Å². The van der Waals surface area contributed by atoms with E-state index in [0.717, 1.165) is 11.1 Å². The van der Waals surface area contributed by atoms with Gasteiger partial charge in [-0.3, -0.25) is 0 Å². The van der Waals surface area contributed by atoms with Crippen molar-refractivity contribution in [2.24, 2.45) is 5.73 Å². The number of aryl methyl sites for hydroxylation is 2. The maximum Gasteiger partial charge on any atom is 0.139 e. The van der Waals surface area contributed by atoms with E-state index in [1.165, 1.54) is 5.56 Å². The van der Waals surface area contributed by atoms with Crippen molar-refractivity contribution < 1.29 is 4.74 Å². The fraction of sp³-hybridized carbons (Fsp3) is 0.250. The molecule has 100 valence electrons. The zero-order chi connectivity index (χ0) is 13.8. The lowest BCUT2D eigenvalue weighted by Crippen LogP contribution is -2.18. The van der Waals surface area contributed by atoms with Crippen LogP contribution in [0.25, 0.3) is 0 Å². The quantitative estimate of drug-likeness (QED) is 0.914. The van der Waals surface area contributed by atoms with Crippen LogP contribution in [0.15, 0.2) is 42.5 Å². The van der Waals surface area contributed by atoms with Crippen LogP contribution < -0.4 is 10.5 Å². The normalized spacial score (nSPS) is 12.2. The standard InChI is InChI=1S/C16H18ClNO/c1-11-4-3-5-13(8-11)16(10-18)19-15-9-12(2)6-7-14(15)17/h3-9,16H,10,18H2,1-2H3. The van der Waals surface area contributed by atoms with Crippen LogP contribution in [0.5, 0.6) is 5.75 Å². The molecule has 2 rings (SSSR count). The lowest BCUT2D eigenvalue weighted by Gasteiger charge is -2.19. The first-order valence-electron chi connectivity index (χ1n) is 6.29. The molecule has 2 nitrogen and oxygen atoms in total. The minimum absolute atomic E-state index is 0.181. The highest BCUT2D eigenvalue weighted by molar-refractivity contribution is 6.32. The lowest BCUT2D eigenvalue weighted by atomic mass is 10.1. The number of rotatable bonds is 4. The van der Waals surface area contributed by atoms with Crippen molar-refractivity contribution in [1.29, 1.82) is 0 Å². The fourth-order valence-corrected chi connectivity index (χ4v) is 2.14. The van der Waals surface area contributed by atoms with Crippen molar-refractivity contribution in [3.8, 4) is 5.75 Å². The molecule has 2 aromatic carbocycles. The Morgan fingerprint density at radius 3 is 2.53 bits per heavy atom. The summed E-state index contributed by atoms with van der Waals surface area (Å²) in [6.45, 7) is 4.47. The van der Waals surface area contributed by atoms with Gasteiger partial charge in [-0.05, 0) is 37.1 Å². The number of ether oxygens (including phenoxy) is 1. The molecule has 2 aromatic rings. The Labute approximate surface area is 119 Å². The van der Waals surface area contributed by atoms with Crippen molar-refractivity contribution in [3.05, 3.63) is 64.2 Å². The Morgan fingerprint density at radius 2 is 1.84 bits per heavy atom. The average Bonchev–Trinajstić information content (AvgIpc) is 2.39. The maximum absolute atomic E-state index is 6.15. The van der Waals surface area contributed by atoms with Crippen molar-refractivity contribution >= 4 is 11.6 Å². The van der Waals surface area contributed by atoms with Crippen LogP contribution >= 0.6 is 11.6 Å². The Morgan fingerprint density at radius 1 is 1.11 bits per heavy atom. The summed E-state index contributed by atoms with van der Waals surface area (Å²) >= 11 is 6.15. The number of hydrogen-bond donors (Lipinski definition) is 1. The van der Waals surface area contributed by atoms with Gasteiger partial charge in [0.15, 0.2) is 0 Å². The van der Waals surface area contributed by atoms with Gasteiger partial charge in [0, 0.05) is 6.54 Å². The van der Waals surface area contributed by atoms with Crippen molar-refractivity contribution in [1.82, 2.24) is 0 Å². The van der Waals surface area contributed by atoms with E-state index in [4.69, 9.17) is 22.1 Å². The van der Waals surface area contributed by atoms with E-state index in [1.807, 2.05) is 37.3 Å². The second-order valence-electron chi connectivity index (χ2n) is 4.69. The molecule has 2 N–H and O–H groups in total. The number of benzene rings is 2. The smallest absolute Gasteiger partial charge is 0.139 e. The monoisotopic (exact) mass is 275 g/mol. The first-order chi connectivity index (χ1) is 9.10. The van der Waals surface area contributed by atoms with Gasteiger partial charge in [-0.2, -0.15) is 0 Å². The molecule has 0 bridgehead atoms. The molecule has 0 spiro atoms. The van der Waals surface area contributed by atoms with E-state index in [0.29, 0.717) is 17.3 Å². The predicted octanol–water partition coefficient (Wildman–Crippen LogP) is 4.04. The Bertz CT molecular complexity index is 568. The lowest BCUT2D eigenvalue weighted by molar-refractivity contribution is 0.214. The molecule has 1 atom stereocenters. The summed E-state index contributed by atoms with van der Waals surface area (Å²) in [5.74, 6) is 0.679. The molecule has 0 saturated heterocycles. The number of nitrogens with two attached hydrogens (primary N) is 1. The van der Waals surface area contributed by atoms with Gasteiger partial charge >= 0.3 is 0 Å². The Kier molecular flexibility index (Phi) is 4.46. The van der Waals surface area contributed by atoms with Gasteiger partial charge in [0.05, 0.1) is 5.02 Å². The topological polar surface area (TPSA) is 35.2 Å². The predicted molar refractivity (Wildman–Crippen MR) is 79.8 cm³/mol. The molecule has 1 unspecified atom stereocenters. The summed E-state index contributed by atoms with van der Waals surface area (Å²) < 4.78 is 5.96. The van der Waals surface area contributed by atoms with Crippen LogP contribution in [0, 0.1) is 13.8 Å². The van der Waals surface area contributed by atoms with Crippen LogP contribution in [-0.2, 0) is 0 Å². The minimum Gasteiger partial charge on any atom is -0.483 e. The highest BCUT2D eigenvalue weighted by Gasteiger charge is 2.13. The van der Waals surface area contributed by atoms with E-state index in [9.17, 15) is 0 Å². The van der Waals surface area contributed by atoms with Crippen molar-refractivity contribution in [3.63, 3.8) is 0 Å². The van der Waals surface area contributed by atoms with Crippen molar-refractivity contribution in [2.45, 2.75) is 20.0 Å². The number of halogens is 1. The third-order valence-electron chi connectivity index (χ3n) is 2.98. The van der Waals surface area contributed by atoms with E-state index in [2.05, 4.69) is 19.1 Å². The molecule has 0 aromatic heterocycles. The van der Waals surface area contributed by atoms with Crippen LogP contribution in [-0.4, -0.2) is 6.54 Å². The largest absolute Gasteiger partial charge is 0.483 e. The molecule has 0 fully saturated rings. The molecule has 19 heavy (non-hydrogen) atoms. The molecule has 0 saturated carbocycles. The van der Waals surface area contributed by atoms with Crippen LogP contribution in [0.4, 0.5) is 0 Å². The summed E-state index contributed by atoms with van der Waals surface area (Å²) in [5, 5.41) is 0.608. The summed E-state index contributed by atoms with van der Waals surface area (Å²) in [6.07, 6.45) is -0.181. The highest BCUT2D eigenvalue weighted by Crippen LogP contribution is 2.29. The second-order valence-corrected chi connectivity index (χ2v) is 5.10. The maximum atomic E-state index is 6.15. The van der Waals surface area contributed by atoms with E-state index < -0.39 is 0 Å². The fourth-order valence-electron chi connectivity index (χ4n) is 1.98. The van der Waals surface area contributed by atoms with Crippen LogP contribution in [0.1, 0.15) is 22.8 Å².